The summed E-state index contributed by atoms with van der Waals surface area (Å²) in [5.74, 6) is -2.07. The highest BCUT2D eigenvalue weighted by Gasteiger charge is 2.24. The standard InChI is InChI=1S/C10H12BrF2NO3S2/c1-6(18(2)15)5-14-19(16,17)10-8(11)3-7(12)4-9(10)13/h3-4,6,14H,5H2,1-2H3. The van der Waals surface area contributed by atoms with Crippen LogP contribution in [0.5, 0.6) is 0 Å². The molecule has 0 aromatic heterocycles. The average molecular weight is 376 g/mol. The van der Waals surface area contributed by atoms with E-state index in [0.29, 0.717) is 6.07 Å². The third kappa shape index (κ3) is 4.30. The Kier molecular flexibility index (Phi) is 5.60. The summed E-state index contributed by atoms with van der Waals surface area (Å²) in [6, 6.07) is 1.35. The van der Waals surface area contributed by atoms with Crippen LogP contribution in [0.25, 0.3) is 0 Å². The minimum Gasteiger partial charge on any atom is -0.260 e. The van der Waals surface area contributed by atoms with Gasteiger partial charge >= 0.3 is 0 Å². The van der Waals surface area contributed by atoms with Gasteiger partial charge in [-0.05, 0) is 28.9 Å². The largest absolute Gasteiger partial charge is 0.260 e. The monoisotopic (exact) mass is 375 g/mol. The lowest BCUT2D eigenvalue weighted by molar-refractivity contribution is 0.540. The quantitative estimate of drug-likeness (QED) is 0.852. The van der Waals surface area contributed by atoms with Crippen molar-refractivity contribution in [3.8, 4) is 0 Å². The highest BCUT2D eigenvalue weighted by atomic mass is 79.9. The maximum Gasteiger partial charge on any atom is 0.244 e. The van der Waals surface area contributed by atoms with E-state index in [1.807, 2.05) is 0 Å². The van der Waals surface area contributed by atoms with E-state index >= 15 is 0 Å². The molecule has 0 aliphatic carbocycles. The van der Waals surface area contributed by atoms with Gasteiger partial charge in [-0.3, -0.25) is 4.21 Å². The van der Waals surface area contributed by atoms with Crippen LogP contribution in [0.15, 0.2) is 21.5 Å². The molecule has 0 heterocycles. The molecule has 0 aliphatic rings. The fourth-order valence-electron chi connectivity index (χ4n) is 1.20. The molecule has 4 nitrogen and oxygen atoms in total. The highest BCUT2D eigenvalue weighted by Crippen LogP contribution is 2.26. The summed E-state index contributed by atoms with van der Waals surface area (Å²) in [6.45, 7) is 1.49. The van der Waals surface area contributed by atoms with Crippen LogP contribution in [0.3, 0.4) is 0 Å². The SMILES string of the molecule is CC(CNS(=O)(=O)c1c(F)cc(F)cc1Br)S(C)=O. The first-order valence-corrected chi connectivity index (χ1v) is 9.01. The second-order valence-corrected chi connectivity index (χ2v) is 8.22. The van der Waals surface area contributed by atoms with Crippen LogP contribution in [0, 0.1) is 11.6 Å². The molecule has 0 spiro atoms. The number of benzene rings is 1. The molecule has 0 bridgehead atoms. The lowest BCUT2D eigenvalue weighted by atomic mass is 10.3. The van der Waals surface area contributed by atoms with Crippen LogP contribution in [-0.2, 0) is 20.8 Å². The molecule has 2 unspecified atom stereocenters. The first-order valence-electron chi connectivity index (χ1n) is 5.11. The van der Waals surface area contributed by atoms with E-state index in [-0.39, 0.29) is 11.0 Å². The summed E-state index contributed by atoms with van der Waals surface area (Å²) in [6.07, 6.45) is 1.44. The molecule has 1 N–H and O–H groups in total. The predicted octanol–water partition coefficient (Wildman–Crippen LogP) is 1.77. The fraction of sp³-hybridized carbons (Fsp3) is 0.400. The lowest BCUT2D eigenvalue weighted by Gasteiger charge is -2.12. The van der Waals surface area contributed by atoms with Gasteiger partial charge < -0.3 is 0 Å². The van der Waals surface area contributed by atoms with Crippen molar-refractivity contribution >= 4 is 36.8 Å². The Labute approximate surface area is 121 Å². The Hall–Kier alpha value is -0.380. The van der Waals surface area contributed by atoms with Crippen molar-refractivity contribution in [1.29, 1.82) is 0 Å². The average Bonchev–Trinajstić information content (AvgIpc) is 2.23. The van der Waals surface area contributed by atoms with Crippen LogP contribution < -0.4 is 4.72 Å². The van der Waals surface area contributed by atoms with E-state index in [9.17, 15) is 21.4 Å². The third-order valence-electron chi connectivity index (χ3n) is 2.36. The number of halogens is 3. The van der Waals surface area contributed by atoms with Gasteiger partial charge in [0.25, 0.3) is 0 Å². The van der Waals surface area contributed by atoms with E-state index < -0.39 is 42.6 Å². The minimum absolute atomic E-state index is 0.102. The second-order valence-electron chi connectivity index (χ2n) is 3.86. The number of hydrogen-bond acceptors (Lipinski definition) is 3. The van der Waals surface area contributed by atoms with Crippen molar-refractivity contribution in [3.05, 3.63) is 28.2 Å². The molecule has 0 fully saturated rings. The Morgan fingerprint density at radius 2 is 2.00 bits per heavy atom. The summed E-state index contributed by atoms with van der Waals surface area (Å²) >= 11 is 2.81. The van der Waals surface area contributed by atoms with E-state index in [2.05, 4.69) is 20.7 Å². The van der Waals surface area contributed by atoms with Crippen molar-refractivity contribution in [1.82, 2.24) is 4.72 Å². The van der Waals surface area contributed by atoms with Gasteiger partial charge in [0, 0.05) is 39.4 Å². The molecule has 1 aromatic carbocycles. The maximum atomic E-state index is 13.5. The van der Waals surface area contributed by atoms with Crippen molar-refractivity contribution in [2.24, 2.45) is 0 Å². The normalized spacial score (nSPS) is 15.2. The van der Waals surface area contributed by atoms with Crippen molar-refractivity contribution in [2.45, 2.75) is 17.1 Å². The van der Waals surface area contributed by atoms with Gasteiger partial charge in [-0.15, -0.1) is 0 Å². The first-order chi connectivity index (χ1) is 8.65. The van der Waals surface area contributed by atoms with Crippen LogP contribution >= 0.6 is 15.9 Å². The first kappa shape index (κ1) is 16.7. The van der Waals surface area contributed by atoms with Gasteiger partial charge in [0.05, 0.1) is 0 Å². The number of hydrogen-bond donors (Lipinski definition) is 1. The van der Waals surface area contributed by atoms with E-state index in [1.165, 1.54) is 6.26 Å². The Balaban J connectivity index is 3.05. The zero-order chi connectivity index (χ0) is 14.8. The van der Waals surface area contributed by atoms with Crippen LogP contribution in [-0.4, -0.2) is 30.7 Å². The molecule has 2 atom stereocenters. The molecular weight excluding hydrogens is 364 g/mol. The molecule has 19 heavy (non-hydrogen) atoms. The van der Waals surface area contributed by atoms with Crippen LogP contribution in [0.4, 0.5) is 8.78 Å². The molecule has 108 valence electrons. The van der Waals surface area contributed by atoms with Gasteiger partial charge in [0.2, 0.25) is 10.0 Å². The van der Waals surface area contributed by atoms with Crippen molar-refractivity contribution in [2.75, 3.05) is 12.8 Å². The summed E-state index contributed by atoms with van der Waals surface area (Å²) in [7, 11) is -5.35. The van der Waals surface area contributed by atoms with Crippen LogP contribution in [0.2, 0.25) is 0 Å². The van der Waals surface area contributed by atoms with Crippen molar-refractivity contribution < 1.29 is 21.4 Å². The molecule has 9 heteroatoms. The summed E-state index contributed by atoms with van der Waals surface area (Å²) < 4.78 is 63.3. The zero-order valence-electron chi connectivity index (χ0n) is 10.1. The molecule has 0 saturated carbocycles. The maximum absolute atomic E-state index is 13.5. The molecular formula is C10H12BrF2NO3S2. The molecule has 0 radical (unpaired) electrons. The Bertz CT molecular complexity index is 584. The third-order valence-corrected chi connectivity index (χ3v) is 6.05. The number of nitrogens with one attached hydrogen (secondary N) is 1. The molecule has 1 aromatic rings. The smallest absolute Gasteiger partial charge is 0.244 e. The Morgan fingerprint density at radius 1 is 1.42 bits per heavy atom. The van der Waals surface area contributed by atoms with E-state index in [4.69, 9.17) is 0 Å². The number of rotatable bonds is 5. The lowest BCUT2D eigenvalue weighted by Crippen LogP contribution is -2.33. The van der Waals surface area contributed by atoms with E-state index in [1.54, 1.807) is 6.92 Å². The molecule has 0 saturated heterocycles. The van der Waals surface area contributed by atoms with Crippen molar-refractivity contribution in [3.63, 3.8) is 0 Å². The van der Waals surface area contributed by atoms with Gasteiger partial charge in [-0.2, -0.15) is 0 Å². The predicted molar refractivity (Wildman–Crippen MR) is 72.8 cm³/mol. The Morgan fingerprint density at radius 3 is 2.47 bits per heavy atom. The van der Waals surface area contributed by atoms with Gasteiger partial charge in [-0.1, -0.05) is 0 Å². The minimum atomic E-state index is -4.14. The topological polar surface area (TPSA) is 63.2 Å². The zero-order valence-corrected chi connectivity index (χ0v) is 13.3. The molecule has 0 amide bonds. The highest BCUT2D eigenvalue weighted by molar-refractivity contribution is 9.10. The van der Waals surface area contributed by atoms with Gasteiger partial charge in [0.15, 0.2) is 0 Å². The number of sulfonamides is 1. The van der Waals surface area contributed by atoms with E-state index in [0.717, 1.165) is 6.07 Å². The fourth-order valence-corrected chi connectivity index (χ4v) is 3.92. The van der Waals surface area contributed by atoms with Gasteiger partial charge in [0.1, 0.15) is 16.5 Å². The molecule has 0 aliphatic heterocycles. The summed E-state index contributed by atoms with van der Waals surface area (Å²) in [4.78, 5) is -0.664. The summed E-state index contributed by atoms with van der Waals surface area (Å²) in [5, 5.41) is -0.419. The van der Waals surface area contributed by atoms with Gasteiger partial charge in [-0.25, -0.2) is 21.9 Å². The second kappa shape index (κ2) is 6.38. The summed E-state index contributed by atoms with van der Waals surface area (Å²) in [5.41, 5.74) is 0. The molecule has 1 rings (SSSR count). The van der Waals surface area contributed by atoms with Crippen LogP contribution in [0.1, 0.15) is 6.92 Å².